The summed E-state index contributed by atoms with van der Waals surface area (Å²) in [4.78, 5) is 4.47. The van der Waals surface area contributed by atoms with Gasteiger partial charge in [0.05, 0.1) is 4.47 Å². The van der Waals surface area contributed by atoms with Crippen LogP contribution in [0.3, 0.4) is 0 Å². The maximum Gasteiger partial charge on any atom is 0.140 e. The lowest BCUT2D eigenvalue weighted by Gasteiger charge is -2.26. The Morgan fingerprint density at radius 2 is 2.05 bits per heavy atom. The van der Waals surface area contributed by atoms with Crippen molar-refractivity contribution in [2.24, 2.45) is 0 Å². The number of rotatable bonds is 2. The summed E-state index contributed by atoms with van der Waals surface area (Å²) in [6.45, 7) is 2.05. The molecule has 1 aliphatic carbocycles. The summed E-state index contributed by atoms with van der Waals surface area (Å²) in [5, 5.41) is 3.56. The third-order valence-corrected chi connectivity index (χ3v) is 4.27. The first-order chi connectivity index (χ1) is 9.22. The fourth-order valence-electron chi connectivity index (χ4n) is 2.65. The van der Waals surface area contributed by atoms with E-state index in [1.165, 1.54) is 23.1 Å². The zero-order chi connectivity index (χ0) is 13.2. The molecule has 0 bridgehead atoms. The standard InChI is InChI=1S/C16H17BrN2/c1-11-8-15(17)16(18-10-11)19-14-7-6-12-4-2-3-5-13(12)9-14/h2-5,8,10,14H,6-7,9H2,1H3,(H,18,19). The van der Waals surface area contributed by atoms with Crippen molar-refractivity contribution in [3.8, 4) is 0 Å². The highest BCUT2D eigenvalue weighted by Crippen LogP contribution is 2.26. The zero-order valence-corrected chi connectivity index (χ0v) is 12.6. The van der Waals surface area contributed by atoms with Crippen molar-refractivity contribution in [3.63, 3.8) is 0 Å². The molecule has 0 amide bonds. The van der Waals surface area contributed by atoms with Crippen LogP contribution in [0.1, 0.15) is 23.1 Å². The molecule has 19 heavy (non-hydrogen) atoms. The van der Waals surface area contributed by atoms with Crippen molar-refractivity contribution in [2.75, 3.05) is 5.32 Å². The smallest absolute Gasteiger partial charge is 0.140 e. The van der Waals surface area contributed by atoms with Gasteiger partial charge in [-0.05, 0) is 64.9 Å². The minimum Gasteiger partial charge on any atom is -0.366 e. The lowest BCUT2D eigenvalue weighted by Crippen LogP contribution is -2.27. The van der Waals surface area contributed by atoms with Gasteiger partial charge in [-0.3, -0.25) is 0 Å². The average molecular weight is 317 g/mol. The van der Waals surface area contributed by atoms with E-state index < -0.39 is 0 Å². The summed E-state index contributed by atoms with van der Waals surface area (Å²) in [6.07, 6.45) is 5.30. The second-order valence-corrected chi connectivity index (χ2v) is 6.05. The third kappa shape index (κ3) is 2.81. The number of halogens is 1. The Hall–Kier alpha value is -1.35. The average Bonchev–Trinajstić information content (AvgIpc) is 2.42. The number of hydrogen-bond acceptors (Lipinski definition) is 2. The molecule has 3 rings (SSSR count). The number of nitrogens with one attached hydrogen (secondary N) is 1. The molecule has 0 radical (unpaired) electrons. The first kappa shape index (κ1) is 12.7. The van der Waals surface area contributed by atoms with Crippen LogP contribution in [0.25, 0.3) is 0 Å². The molecule has 0 saturated carbocycles. The molecule has 1 atom stereocenters. The highest BCUT2D eigenvalue weighted by molar-refractivity contribution is 9.10. The largest absolute Gasteiger partial charge is 0.366 e. The van der Waals surface area contributed by atoms with Crippen molar-refractivity contribution in [1.82, 2.24) is 4.98 Å². The van der Waals surface area contributed by atoms with Crippen molar-refractivity contribution in [1.29, 1.82) is 0 Å². The van der Waals surface area contributed by atoms with E-state index in [-0.39, 0.29) is 0 Å². The van der Waals surface area contributed by atoms with Gasteiger partial charge in [0.2, 0.25) is 0 Å². The fraction of sp³-hybridized carbons (Fsp3) is 0.312. The molecule has 1 aromatic carbocycles. The summed E-state index contributed by atoms with van der Waals surface area (Å²) in [5.74, 6) is 0.954. The van der Waals surface area contributed by atoms with Crippen molar-refractivity contribution < 1.29 is 0 Å². The second kappa shape index (κ2) is 5.33. The number of anilines is 1. The Morgan fingerprint density at radius 1 is 1.26 bits per heavy atom. The molecule has 2 nitrogen and oxygen atoms in total. The van der Waals surface area contributed by atoms with Gasteiger partial charge in [-0.25, -0.2) is 4.98 Å². The van der Waals surface area contributed by atoms with E-state index in [0.717, 1.165) is 23.1 Å². The van der Waals surface area contributed by atoms with Crippen LogP contribution in [0.2, 0.25) is 0 Å². The summed E-state index contributed by atoms with van der Waals surface area (Å²) in [6, 6.07) is 11.3. The van der Waals surface area contributed by atoms with Gasteiger partial charge in [-0.2, -0.15) is 0 Å². The Labute approximate surface area is 122 Å². The van der Waals surface area contributed by atoms with Gasteiger partial charge in [0, 0.05) is 12.2 Å². The van der Waals surface area contributed by atoms with E-state index in [0.29, 0.717) is 6.04 Å². The first-order valence-corrected chi connectivity index (χ1v) is 7.47. The normalized spacial score (nSPS) is 17.9. The number of fused-ring (bicyclic) bond motifs is 1. The molecule has 0 fully saturated rings. The number of pyridine rings is 1. The van der Waals surface area contributed by atoms with Crippen LogP contribution in [-0.4, -0.2) is 11.0 Å². The molecule has 0 spiro atoms. The molecule has 98 valence electrons. The number of benzene rings is 1. The predicted molar refractivity (Wildman–Crippen MR) is 82.6 cm³/mol. The van der Waals surface area contributed by atoms with Crippen LogP contribution >= 0.6 is 15.9 Å². The number of aromatic nitrogens is 1. The van der Waals surface area contributed by atoms with E-state index in [1.54, 1.807) is 0 Å². The second-order valence-electron chi connectivity index (χ2n) is 5.20. The van der Waals surface area contributed by atoms with E-state index >= 15 is 0 Å². The van der Waals surface area contributed by atoms with E-state index in [9.17, 15) is 0 Å². The van der Waals surface area contributed by atoms with Crippen LogP contribution in [0.5, 0.6) is 0 Å². The van der Waals surface area contributed by atoms with Crippen molar-refractivity contribution in [3.05, 3.63) is 57.7 Å². The van der Waals surface area contributed by atoms with Crippen LogP contribution in [0.4, 0.5) is 5.82 Å². The Balaban J connectivity index is 1.75. The van der Waals surface area contributed by atoms with Crippen LogP contribution in [0.15, 0.2) is 41.0 Å². The topological polar surface area (TPSA) is 24.9 Å². The van der Waals surface area contributed by atoms with Gasteiger partial charge in [0.1, 0.15) is 5.82 Å². The van der Waals surface area contributed by atoms with Gasteiger partial charge in [0.15, 0.2) is 0 Å². The molecule has 3 heteroatoms. The quantitative estimate of drug-likeness (QED) is 0.901. The summed E-state index contributed by atoms with van der Waals surface area (Å²) in [7, 11) is 0. The number of hydrogen-bond donors (Lipinski definition) is 1. The Morgan fingerprint density at radius 3 is 2.84 bits per heavy atom. The SMILES string of the molecule is Cc1cnc(NC2CCc3ccccc3C2)c(Br)c1. The molecular weight excluding hydrogens is 300 g/mol. The molecule has 1 aromatic heterocycles. The first-order valence-electron chi connectivity index (χ1n) is 6.68. The predicted octanol–water partition coefficient (Wildman–Crippen LogP) is 4.12. The summed E-state index contributed by atoms with van der Waals surface area (Å²) < 4.78 is 1.05. The van der Waals surface area contributed by atoms with Crippen LogP contribution in [-0.2, 0) is 12.8 Å². The van der Waals surface area contributed by atoms with Gasteiger partial charge in [-0.15, -0.1) is 0 Å². The van der Waals surface area contributed by atoms with Crippen LogP contribution in [0, 0.1) is 6.92 Å². The van der Waals surface area contributed by atoms with Gasteiger partial charge in [-0.1, -0.05) is 24.3 Å². The fourth-order valence-corrected chi connectivity index (χ4v) is 3.23. The molecular formula is C16H17BrN2. The van der Waals surface area contributed by atoms with Crippen LogP contribution < -0.4 is 5.32 Å². The maximum atomic E-state index is 4.47. The Bertz CT molecular complexity index is 595. The minimum atomic E-state index is 0.474. The van der Waals surface area contributed by atoms with Gasteiger partial charge in [0.25, 0.3) is 0 Å². The van der Waals surface area contributed by atoms with E-state index in [1.807, 2.05) is 6.20 Å². The number of aryl methyl sites for hydroxylation is 2. The minimum absolute atomic E-state index is 0.474. The van der Waals surface area contributed by atoms with Crippen molar-refractivity contribution in [2.45, 2.75) is 32.2 Å². The monoisotopic (exact) mass is 316 g/mol. The summed E-state index contributed by atoms with van der Waals surface area (Å²) >= 11 is 3.58. The lowest BCUT2D eigenvalue weighted by molar-refractivity contribution is 0.608. The maximum absolute atomic E-state index is 4.47. The van der Waals surface area contributed by atoms with Crippen molar-refractivity contribution >= 4 is 21.7 Å². The molecule has 1 unspecified atom stereocenters. The van der Waals surface area contributed by atoms with E-state index in [4.69, 9.17) is 0 Å². The molecule has 0 saturated heterocycles. The molecule has 1 aliphatic rings. The molecule has 0 aliphatic heterocycles. The molecule has 2 aromatic rings. The molecule has 1 heterocycles. The third-order valence-electron chi connectivity index (χ3n) is 3.67. The van der Waals surface area contributed by atoms with Gasteiger partial charge < -0.3 is 5.32 Å². The molecule has 1 N–H and O–H groups in total. The highest BCUT2D eigenvalue weighted by Gasteiger charge is 2.18. The lowest BCUT2D eigenvalue weighted by atomic mass is 9.88. The Kier molecular flexibility index (Phi) is 3.56. The zero-order valence-electron chi connectivity index (χ0n) is 11.0. The van der Waals surface area contributed by atoms with Gasteiger partial charge >= 0.3 is 0 Å². The number of nitrogens with zero attached hydrogens (tertiary/aromatic N) is 1. The summed E-state index contributed by atoms with van der Waals surface area (Å²) in [5.41, 5.74) is 4.14. The van der Waals surface area contributed by atoms with E-state index in [2.05, 4.69) is 63.5 Å². The highest BCUT2D eigenvalue weighted by atomic mass is 79.9.